The van der Waals surface area contributed by atoms with Gasteiger partial charge in [0.05, 0.1) is 11.8 Å². The van der Waals surface area contributed by atoms with Crippen molar-refractivity contribution in [3.8, 4) is 5.75 Å². The van der Waals surface area contributed by atoms with E-state index in [1.54, 1.807) is 0 Å². The molecule has 1 aromatic heterocycles. The van der Waals surface area contributed by atoms with Crippen LogP contribution in [-0.2, 0) is 6.54 Å². The predicted molar refractivity (Wildman–Crippen MR) is 111 cm³/mol. The number of carbonyl (C=O) groups excluding carboxylic acids is 1. The highest BCUT2D eigenvalue weighted by Gasteiger charge is 2.18. The van der Waals surface area contributed by atoms with Crippen molar-refractivity contribution in [3.05, 3.63) is 40.4 Å². The van der Waals surface area contributed by atoms with E-state index in [2.05, 4.69) is 15.6 Å². The molecule has 27 heavy (non-hydrogen) atoms. The first-order valence-electron chi connectivity index (χ1n) is 9.79. The first kappa shape index (κ1) is 19.7. The number of hydrogen-bond acceptors (Lipinski definition) is 5. The number of benzene rings is 1. The standard InChI is InChI=1S/C21H29N3O2S/c1-14(2)26-18-11-9-16(10-12-18)13-22-20(25)19-15(3)23-21(27-19)24-17-7-5-4-6-8-17/h9-12,14,17H,4-8,13H2,1-3H3,(H,22,25)(H,23,24). The van der Waals surface area contributed by atoms with Crippen molar-refractivity contribution in [2.45, 2.75) is 71.6 Å². The number of rotatable bonds is 7. The summed E-state index contributed by atoms with van der Waals surface area (Å²) in [6.07, 6.45) is 6.41. The summed E-state index contributed by atoms with van der Waals surface area (Å²) in [5, 5.41) is 7.36. The zero-order valence-corrected chi connectivity index (χ0v) is 17.2. The predicted octanol–water partition coefficient (Wildman–Crippen LogP) is 4.91. The highest BCUT2D eigenvalue weighted by atomic mass is 32.1. The molecular weight excluding hydrogens is 358 g/mol. The minimum Gasteiger partial charge on any atom is -0.491 e. The van der Waals surface area contributed by atoms with Gasteiger partial charge in [-0.25, -0.2) is 4.98 Å². The van der Waals surface area contributed by atoms with Gasteiger partial charge in [0.15, 0.2) is 5.13 Å². The molecule has 5 nitrogen and oxygen atoms in total. The van der Waals surface area contributed by atoms with Crippen molar-refractivity contribution < 1.29 is 9.53 Å². The summed E-state index contributed by atoms with van der Waals surface area (Å²) < 4.78 is 5.64. The number of aryl methyl sites for hydroxylation is 1. The van der Waals surface area contributed by atoms with Crippen LogP contribution in [0.25, 0.3) is 0 Å². The Hall–Kier alpha value is -2.08. The molecule has 0 radical (unpaired) electrons. The first-order chi connectivity index (χ1) is 13.0. The number of hydrogen-bond donors (Lipinski definition) is 2. The van der Waals surface area contributed by atoms with Crippen LogP contribution in [0, 0.1) is 6.92 Å². The monoisotopic (exact) mass is 387 g/mol. The van der Waals surface area contributed by atoms with E-state index in [0.717, 1.165) is 22.1 Å². The van der Waals surface area contributed by atoms with Gasteiger partial charge in [-0.2, -0.15) is 0 Å². The number of thiazole rings is 1. The smallest absolute Gasteiger partial charge is 0.263 e. The van der Waals surface area contributed by atoms with Crippen LogP contribution in [0.1, 0.15) is 66.9 Å². The van der Waals surface area contributed by atoms with Crippen LogP contribution in [-0.4, -0.2) is 23.0 Å². The van der Waals surface area contributed by atoms with Gasteiger partial charge in [-0.05, 0) is 51.3 Å². The number of nitrogens with zero attached hydrogens (tertiary/aromatic N) is 1. The van der Waals surface area contributed by atoms with Gasteiger partial charge in [-0.3, -0.25) is 4.79 Å². The Labute approximate surface area is 165 Å². The maximum Gasteiger partial charge on any atom is 0.263 e. The summed E-state index contributed by atoms with van der Waals surface area (Å²) in [7, 11) is 0. The second-order valence-corrected chi connectivity index (χ2v) is 8.41. The molecule has 146 valence electrons. The number of ether oxygens (including phenoxy) is 1. The lowest BCUT2D eigenvalue weighted by molar-refractivity contribution is 0.0954. The molecule has 1 fully saturated rings. The van der Waals surface area contributed by atoms with E-state index in [4.69, 9.17) is 4.74 Å². The number of nitrogens with one attached hydrogen (secondary N) is 2. The molecule has 0 atom stereocenters. The number of anilines is 1. The summed E-state index contributed by atoms with van der Waals surface area (Å²) in [5.74, 6) is 0.779. The van der Waals surface area contributed by atoms with Crippen LogP contribution >= 0.6 is 11.3 Å². The van der Waals surface area contributed by atoms with Crippen molar-refractivity contribution in [1.29, 1.82) is 0 Å². The van der Waals surface area contributed by atoms with Crippen LogP contribution in [0.3, 0.4) is 0 Å². The SMILES string of the molecule is Cc1nc(NC2CCCCC2)sc1C(=O)NCc1ccc(OC(C)C)cc1. The van der Waals surface area contributed by atoms with Gasteiger partial charge in [0.25, 0.3) is 5.91 Å². The molecule has 2 aromatic rings. The van der Waals surface area contributed by atoms with Gasteiger partial charge in [0, 0.05) is 12.6 Å². The molecule has 2 N–H and O–H groups in total. The Morgan fingerprint density at radius 1 is 1.22 bits per heavy atom. The average molecular weight is 388 g/mol. The third-order valence-electron chi connectivity index (χ3n) is 4.68. The van der Waals surface area contributed by atoms with E-state index in [0.29, 0.717) is 17.5 Å². The highest BCUT2D eigenvalue weighted by molar-refractivity contribution is 7.17. The maximum absolute atomic E-state index is 12.6. The van der Waals surface area contributed by atoms with E-state index >= 15 is 0 Å². The van der Waals surface area contributed by atoms with Gasteiger partial charge < -0.3 is 15.4 Å². The normalized spacial score (nSPS) is 15.0. The largest absolute Gasteiger partial charge is 0.491 e. The summed E-state index contributed by atoms with van der Waals surface area (Å²) >= 11 is 1.45. The van der Waals surface area contributed by atoms with Crippen molar-refractivity contribution in [3.63, 3.8) is 0 Å². The van der Waals surface area contributed by atoms with E-state index in [1.165, 1.54) is 43.4 Å². The lowest BCUT2D eigenvalue weighted by Crippen LogP contribution is -2.22. The van der Waals surface area contributed by atoms with E-state index in [9.17, 15) is 4.79 Å². The minimum absolute atomic E-state index is 0.0656. The molecule has 0 spiro atoms. The van der Waals surface area contributed by atoms with Gasteiger partial charge >= 0.3 is 0 Å². The van der Waals surface area contributed by atoms with Crippen LogP contribution in [0.15, 0.2) is 24.3 Å². The highest BCUT2D eigenvalue weighted by Crippen LogP contribution is 2.27. The van der Waals surface area contributed by atoms with Crippen molar-refractivity contribution in [2.75, 3.05) is 5.32 Å². The van der Waals surface area contributed by atoms with Crippen LogP contribution in [0.2, 0.25) is 0 Å². The molecule has 1 aliphatic carbocycles. The fourth-order valence-corrected chi connectivity index (χ4v) is 4.27. The number of aromatic nitrogens is 1. The van der Waals surface area contributed by atoms with Crippen LogP contribution in [0.5, 0.6) is 5.75 Å². The molecule has 1 aromatic carbocycles. The van der Waals surface area contributed by atoms with Gasteiger partial charge in [0.1, 0.15) is 10.6 Å². The molecular formula is C21H29N3O2S. The molecule has 3 rings (SSSR count). The zero-order chi connectivity index (χ0) is 19.2. The summed E-state index contributed by atoms with van der Waals surface area (Å²) in [5.41, 5.74) is 1.83. The Morgan fingerprint density at radius 2 is 1.93 bits per heavy atom. The van der Waals surface area contributed by atoms with Crippen LogP contribution in [0.4, 0.5) is 5.13 Å². The van der Waals surface area contributed by atoms with E-state index in [-0.39, 0.29) is 12.0 Å². The quantitative estimate of drug-likeness (QED) is 0.708. The third kappa shape index (κ3) is 5.70. The van der Waals surface area contributed by atoms with Crippen molar-refractivity contribution in [2.24, 2.45) is 0 Å². The molecule has 0 bridgehead atoms. The fraction of sp³-hybridized carbons (Fsp3) is 0.524. The summed E-state index contributed by atoms with van der Waals surface area (Å²) in [4.78, 5) is 17.8. The molecule has 6 heteroatoms. The Morgan fingerprint density at radius 3 is 2.59 bits per heavy atom. The Kier molecular flexibility index (Phi) is 6.72. The summed E-state index contributed by atoms with van der Waals surface area (Å²) in [6.45, 7) is 6.39. The van der Waals surface area contributed by atoms with Crippen LogP contribution < -0.4 is 15.4 Å². The summed E-state index contributed by atoms with van der Waals surface area (Å²) in [6, 6.07) is 8.32. The maximum atomic E-state index is 12.6. The molecule has 1 saturated carbocycles. The lowest BCUT2D eigenvalue weighted by atomic mass is 9.96. The van der Waals surface area contributed by atoms with Crippen molar-refractivity contribution >= 4 is 22.4 Å². The fourth-order valence-electron chi connectivity index (χ4n) is 3.31. The molecule has 1 amide bonds. The Balaban J connectivity index is 1.54. The van der Waals surface area contributed by atoms with Gasteiger partial charge in [0.2, 0.25) is 0 Å². The molecule has 0 unspecified atom stereocenters. The first-order valence-corrected chi connectivity index (χ1v) is 10.6. The van der Waals surface area contributed by atoms with E-state index < -0.39 is 0 Å². The zero-order valence-electron chi connectivity index (χ0n) is 16.4. The number of carbonyl (C=O) groups is 1. The molecule has 1 aliphatic rings. The van der Waals surface area contributed by atoms with Gasteiger partial charge in [-0.1, -0.05) is 42.7 Å². The van der Waals surface area contributed by atoms with Gasteiger partial charge in [-0.15, -0.1) is 0 Å². The van der Waals surface area contributed by atoms with E-state index in [1.807, 2.05) is 45.0 Å². The molecule has 0 aliphatic heterocycles. The molecule has 1 heterocycles. The number of amides is 1. The minimum atomic E-state index is -0.0656. The third-order valence-corrected chi connectivity index (χ3v) is 5.77. The van der Waals surface area contributed by atoms with Crippen molar-refractivity contribution in [1.82, 2.24) is 10.3 Å². The molecule has 0 saturated heterocycles. The average Bonchev–Trinajstić information content (AvgIpc) is 3.01. The Bertz CT molecular complexity index is 749. The second-order valence-electron chi connectivity index (χ2n) is 7.41. The topological polar surface area (TPSA) is 63.2 Å². The second kappa shape index (κ2) is 9.22. The lowest BCUT2D eigenvalue weighted by Gasteiger charge is -2.22.